The van der Waals surface area contributed by atoms with Crippen molar-refractivity contribution in [1.29, 1.82) is 0 Å². The average Bonchev–Trinajstić information content (AvgIpc) is 2.61. The lowest BCUT2D eigenvalue weighted by Gasteiger charge is -2.15. The second-order valence-electron chi connectivity index (χ2n) is 5.31. The molecule has 2 N–H and O–H groups in total. The fourth-order valence-corrected chi connectivity index (χ4v) is 2.06. The van der Waals surface area contributed by atoms with Crippen LogP contribution in [0, 0.1) is 15.9 Å². The van der Waals surface area contributed by atoms with E-state index >= 15 is 0 Å². The Hall–Kier alpha value is -3.49. The molecule has 0 aromatic heterocycles. The van der Waals surface area contributed by atoms with E-state index in [1.807, 2.05) is 0 Å². The van der Waals surface area contributed by atoms with Gasteiger partial charge in [-0.25, -0.2) is 4.39 Å². The highest BCUT2D eigenvalue weighted by Gasteiger charge is 2.18. The number of hydrogen-bond donors (Lipinski definition) is 2. The first-order valence-corrected chi connectivity index (χ1v) is 7.60. The SMILES string of the molecule is C[C@@H](Oc1ccc(F)cc1)C(=O)NNC(=O)Cc1ccccc1[N+](=O)[O-]. The molecule has 0 saturated heterocycles. The molecule has 9 heteroatoms. The molecule has 0 aliphatic heterocycles. The van der Waals surface area contributed by atoms with Gasteiger partial charge in [0, 0.05) is 11.6 Å². The van der Waals surface area contributed by atoms with Gasteiger partial charge < -0.3 is 4.74 Å². The zero-order valence-electron chi connectivity index (χ0n) is 13.8. The Bertz CT molecular complexity index is 810. The van der Waals surface area contributed by atoms with Crippen LogP contribution in [-0.2, 0) is 16.0 Å². The maximum Gasteiger partial charge on any atom is 0.279 e. The third kappa shape index (κ3) is 5.26. The van der Waals surface area contributed by atoms with E-state index in [9.17, 15) is 24.1 Å². The fraction of sp³-hybridized carbons (Fsp3) is 0.176. The van der Waals surface area contributed by atoms with E-state index in [1.54, 1.807) is 6.07 Å². The molecule has 0 heterocycles. The molecule has 1 atom stereocenters. The molecule has 8 nitrogen and oxygen atoms in total. The number of nitrogens with zero attached hydrogens (tertiary/aromatic N) is 1. The fourth-order valence-electron chi connectivity index (χ4n) is 2.06. The molecule has 0 spiro atoms. The largest absolute Gasteiger partial charge is 0.481 e. The van der Waals surface area contributed by atoms with Gasteiger partial charge in [0.15, 0.2) is 6.10 Å². The number of hydrogen-bond acceptors (Lipinski definition) is 5. The monoisotopic (exact) mass is 361 g/mol. The minimum Gasteiger partial charge on any atom is -0.481 e. The van der Waals surface area contributed by atoms with E-state index in [2.05, 4.69) is 10.9 Å². The van der Waals surface area contributed by atoms with Gasteiger partial charge in [-0.2, -0.15) is 0 Å². The first kappa shape index (κ1) is 18.8. The number of nitro groups is 1. The summed E-state index contributed by atoms with van der Waals surface area (Å²) in [6.07, 6.45) is -1.23. The minimum absolute atomic E-state index is 0.179. The van der Waals surface area contributed by atoms with Crippen molar-refractivity contribution in [1.82, 2.24) is 10.9 Å². The van der Waals surface area contributed by atoms with Gasteiger partial charge in [0.05, 0.1) is 11.3 Å². The van der Waals surface area contributed by atoms with E-state index in [0.717, 1.165) is 0 Å². The minimum atomic E-state index is -0.952. The summed E-state index contributed by atoms with van der Waals surface area (Å²) in [5.74, 6) is -1.40. The number of carbonyl (C=O) groups is 2. The topological polar surface area (TPSA) is 111 Å². The Morgan fingerprint density at radius 1 is 1.15 bits per heavy atom. The number of ether oxygens (including phenoxy) is 1. The van der Waals surface area contributed by atoms with Crippen molar-refractivity contribution in [3.05, 3.63) is 70.0 Å². The number of amides is 2. The Kier molecular flexibility index (Phi) is 6.20. The van der Waals surface area contributed by atoms with Crippen molar-refractivity contribution >= 4 is 17.5 Å². The Morgan fingerprint density at radius 2 is 1.81 bits per heavy atom. The summed E-state index contributed by atoms with van der Waals surface area (Å²) in [6.45, 7) is 1.45. The molecule has 2 aromatic rings. The molecule has 2 rings (SSSR count). The van der Waals surface area contributed by atoms with Crippen molar-refractivity contribution in [3.8, 4) is 5.75 Å². The van der Waals surface area contributed by atoms with Crippen LogP contribution >= 0.6 is 0 Å². The quantitative estimate of drug-likeness (QED) is 0.603. The third-order valence-electron chi connectivity index (χ3n) is 3.36. The maximum atomic E-state index is 12.8. The Balaban J connectivity index is 1.85. The van der Waals surface area contributed by atoms with E-state index in [1.165, 1.54) is 49.4 Å². The van der Waals surface area contributed by atoms with Gasteiger partial charge in [0.2, 0.25) is 5.91 Å². The van der Waals surface area contributed by atoms with Gasteiger partial charge in [0.25, 0.3) is 11.6 Å². The lowest BCUT2D eigenvalue weighted by atomic mass is 10.1. The van der Waals surface area contributed by atoms with Crippen LogP contribution in [0.5, 0.6) is 5.75 Å². The predicted octanol–water partition coefficient (Wildman–Crippen LogP) is 1.89. The average molecular weight is 361 g/mol. The van der Waals surface area contributed by atoms with Gasteiger partial charge in [-0.1, -0.05) is 18.2 Å². The number of para-hydroxylation sites is 1. The maximum absolute atomic E-state index is 12.8. The summed E-state index contributed by atoms with van der Waals surface area (Å²) in [6, 6.07) is 10.9. The number of benzene rings is 2. The molecule has 0 aliphatic rings. The molecule has 136 valence electrons. The zero-order chi connectivity index (χ0) is 19.1. The highest BCUT2D eigenvalue weighted by atomic mass is 19.1. The van der Waals surface area contributed by atoms with Crippen molar-refractivity contribution in [3.63, 3.8) is 0 Å². The summed E-state index contributed by atoms with van der Waals surface area (Å²) >= 11 is 0. The summed E-state index contributed by atoms with van der Waals surface area (Å²) in [7, 11) is 0. The standard InChI is InChI=1S/C17H16FN3O5/c1-11(26-14-8-6-13(18)7-9-14)17(23)20-19-16(22)10-12-4-2-3-5-15(12)21(24)25/h2-9,11H,10H2,1H3,(H,19,22)(H,20,23)/t11-/m1/s1. The molecule has 0 bridgehead atoms. The molecule has 26 heavy (non-hydrogen) atoms. The van der Waals surface area contributed by atoms with Crippen LogP contribution in [0.4, 0.5) is 10.1 Å². The summed E-state index contributed by atoms with van der Waals surface area (Å²) < 4.78 is 18.1. The van der Waals surface area contributed by atoms with Crippen molar-refractivity contribution < 1.29 is 23.6 Å². The van der Waals surface area contributed by atoms with E-state index in [4.69, 9.17) is 4.74 Å². The van der Waals surface area contributed by atoms with Crippen LogP contribution in [0.2, 0.25) is 0 Å². The first-order chi connectivity index (χ1) is 12.4. The lowest BCUT2D eigenvalue weighted by molar-refractivity contribution is -0.385. The van der Waals surface area contributed by atoms with Gasteiger partial charge in [-0.05, 0) is 31.2 Å². The molecule has 0 fully saturated rings. The first-order valence-electron chi connectivity index (χ1n) is 7.60. The van der Waals surface area contributed by atoms with E-state index in [0.29, 0.717) is 5.75 Å². The smallest absolute Gasteiger partial charge is 0.279 e. The molecular weight excluding hydrogens is 345 g/mol. The predicted molar refractivity (Wildman–Crippen MR) is 89.6 cm³/mol. The normalized spacial score (nSPS) is 11.3. The molecule has 0 unspecified atom stereocenters. The second kappa shape index (κ2) is 8.56. The van der Waals surface area contributed by atoms with Crippen molar-refractivity contribution in [2.45, 2.75) is 19.4 Å². The van der Waals surface area contributed by atoms with E-state index < -0.39 is 28.7 Å². The molecule has 2 aromatic carbocycles. The number of hydrazine groups is 1. The Labute approximate surface area is 148 Å². The second-order valence-corrected chi connectivity index (χ2v) is 5.31. The number of nitrogens with one attached hydrogen (secondary N) is 2. The molecule has 2 amide bonds. The number of carbonyl (C=O) groups excluding carboxylic acids is 2. The van der Waals surface area contributed by atoms with Crippen LogP contribution in [0.1, 0.15) is 12.5 Å². The summed E-state index contributed by atoms with van der Waals surface area (Å²) in [5.41, 5.74) is 4.39. The van der Waals surface area contributed by atoms with Gasteiger partial charge >= 0.3 is 0 Å². The van der Waals surface area contributed by atoms with Gasteiger partial charge in [-0.15, -0.1) is 0 Å². The summed E-state index contributed by atoms with van der Waals surface area (Å²) in [4.78, 5) is 34.1. The summed E-state index contributed by atoms with van der Waals surface area (Å²) in [5, 5.41) is 10.9. The number of rotatable bonds is 6. The van der Waals surface area contributed by atoms with E-state index in [-0.39, 0.29) is 17.7 Å². The van der Waals surface area contributed by atoms with Crippen LogP contribution < -0.4 is 15.6 Å². The van der Waals surface area contributed by atoms with Gasteiger partial charge in [0.1, 0.15) is 11.6 Å². The lowest BCUT2D eigenvalue weighted by Crippen LogP contribution is -2.47. The van der Waals surface area contributed by atoms with Crippen LogP contribution in [0.3, 0.4) is 0 Å². The molecule has 0 radical (unpaired) electrons. The zero-order valence-corrected chi connectivity index (χ0v) is 13.8. The number of halogens is 1. The van der Waals surface area contributed by atoms with Crippen LogP contribution in [-0.4, -0.2) is 22.8 Å². The molecular formula is C17H16FN3O5. The highest BCUT2D eigenvalue weighted by molar-refractivity contribution is 5.85. The van der Waals surface area contributed by atoms with Crippen LogP contribution in [0.25, 0.3) is 0 Å². The Morgan fingerprint density at radius 3 is 2.46 bits per heavy atom. The van der Waals surface area contributed by atoms with Crippen LogP contribution in [0.15, 0.2) is 48.5 Å². The molecule has 0 saturated carbocycles. The molecule has 0 aliphatic carbocycles. The van der Waals surface area contributed by atoms with Crippen molar-refractivity contribution in [2.24, 2.45) is 0 Å². The van der Waals surface area contributed by atoms with Crippen molar-refractivity contribution in [2.75, 3.05) is 0 Å². The van der Waals surface area contributed by atoms with Gasteiger partial charge in [-0.3, -0.25) is 30.6 Å². The number of nitro benzene ring substituents is 1. The highest BCUT2D eigenvalue weighted by Crippen LogP contribution is 2.18. The third-order valence-corrected chi connectivity index (χ3v) is 3.36.